The van der Waals surface area contributed by atoms with E-state index in [9.17, 15) is 0 Å². The van der Waals surface area contributed by atoms with Crippen molar-refractivity contribution in [3.8, 4) is 0 Å². The molecule has 0 unspecified atom stereocenters. The Bertz CT molecular complexity index is 554. The van der Waals surface area contributed by atoms with Gasteiger partial charge < -0.3 is 10.2 Å². The second-order valence-corrected chi connectivity index (χ2v) is 5.23. The number of hydrogen-bond donors (Lipinski definition) is 1. The van der Waals surface area contributed by atoms with E-state index in [0.29, 0.717) is 0 Å². The molecule has 0 amide bonds. The summed E-state index contributed by atoms with van der Waals surface area (Å²) in [5.41, 5.74) is 3.56. The summed E-state index contributed by atoms with van der Waals surface area (Å²) >= 11 is 6.14. The molecule has 0 heterocycles. The third-order valence-electron chi connectivity index (χ3n) is 3.32. The molecular weight excluding hydrogens is 268 g/mol. The maximum atomic E-state index is 6.14. The minimum atomic E-state index is 0.770. The van der Waals surface area contributed by atoms with Crippen LogP contribution in [0.25, 0.3) is 0 Å². The Morgan fingerprint density at radius 2 is 1.90 bits per heavy atom. The molecule has 0 aliphatic heterocycles. The number of halogens is 1. The van der Waals surface area contributed by atoms with E-state index < -0.39 is 0 Å². The van der Waals surface area contributed by atoms with Crippen LogP contribution in [0.2, 0.25) is 5.02 Å². The lowest BCUT2D eigenvalue weighted by atomic mass is 10.2. The van der Waals surface area contributed by atoms with Crippen LogP contribution >= 0.6 is 11.6 Å². The van der Waals surface area contributed by atoms with Crippen LogP contribution in [0.5, 0.6) is 0 Å². The van der Waals surface area contributed by atoms with Gasteiger partial charge in [0.25, 0.3) is 0 Å². The first kappa shape index (κ1) is 14.7. The van der Waals surface area contributed by atoms with Gasteiger partial charge in [0.05, 0.1) is 10.7 Å². The highest BCUT2D eigenvalue weighted by atomic mass is 35.5. The van der Waals surface area contributed by atoms with Gasteiger partial charge in [-0.15, -0.1) is 0 Å². The summed E-state index contributed by atoms with van der Waals surface area (Å²) in [6.07, 6.45) is 0. The molecule has 0 aliphatic carbocycles. The second kappa shape index (κ2) is 7.20. The molecule has 3 heteroatoms. The highest BCUT2D eigenvalue weighted by Crippen LogP contribution is 2.20. The molecular formula is C17H21ClN2. The Kier molecular flexibility index (Phi) is 5.31. The standard InChI is InChI=1S/C17H21ClN2/c1-3-20(15-8-6-7-14(2)13-15)12-11-19-17-10-5-4-9-16(17)18/h4-10,13,19H,3,11-12H2,1-2H3. The number of aryl methyl sites for hydroxylation is 1. The number of nitrogens with one attached hydrogen (secondary N) is 1. The Labute approximate surface area is 126 Å². The van der Waals surface area contributed by atoms with Crippen LogP contribution in [0.1, 0.15) is 12.5 Å². The van der Waals surface area contributed by atoms with Crippen molar-refractivity contribution < 1.29 is 0 Å². The molecule has 1 N–H and O–H groups in total. The first-order chi connectivity index (χ1) is 9.70. The highest BCUT2D eigenvalue weighted by Gasteiger charge is 2.04. The average Bonchev–Trinajstić information content (AvgIpc) is 2.45. The maximum Gasteiger partial charge on any atom is 0.0637 e. The van der Waals surface area contributed by atoms with E-state index in [1.807, 2.05) is 24.3 Å². The van der Waals surface area contributed by atoms with Gasteiger partial charge in [-0.25, -0.2) is 0 Å². The summed E-state index contributed by atoms with van der Waals surface area (Å²) in [6.45, 7) is 7.11. The van der Waals surface area contributed by atoms with Crippen LogP contribution in [-0.2, 0) is 0 Å². The van der Waals surface area contributed by atoms with Crippen molar-refractivity contribution in [3.05, 3.63) is 59.1 Å². The van der Waals surface area contributed by atoms with E-state index in [1.165, 1.54) is 11.3 Å². The number of nitrogens with zero attached hydrogens (tertiary/aromatic N) is 1. The number of rotatable bonds is 6. The lowest BCUT2D eigenvalue weighted by Gasteiger charge is -2.24. The van der Waals surface area contributed by atoms with Crippen LogP contribution in [0.15, 0.2) is 48.5 Å². The number of likely N-dealkylation sites (N-methyl/N-ethyl adjacent to an activating group) is 1. The van der Waals surface area contributed by atoms with Crippen molar-refractivity contribution in [3.63, 3.8) is 0 Å². The molecule has 0 bridgehead atoms. The van der Waals surface area contributed by atoms with Crippen molar-refractivity contribution in [1.29, 1.82) is 0 Å². The summed E-state index contributed by atoms with van der Waals surface area (Å²) in [6, 6.07) is 16.5. The summed E-state index contributed by atoms with van der Waals surface area (Å²) in [5, 5.41) is 4.16. The predicted octanol–water partition coefficient (Wildman–Crippen LogP) is 4.59. The smallest absolute Gasteiger partial charge is 0.0637 e. The summed E-state index contributed by atoms with van der Waals surface area (Å²) in [4.78, 5) is 2.36. The van der Waals surface area contributed by atoms with Gasteiger partial charge in [-0.05, 0) is 43.7 Å². The van der Waals surface area contributed by atoms with Crippen LogP contribution < -0.4 is 10.2 Å². The van der Waals surface area contributed by atoms with Crippen molar-refractivity contribution >= 4 is 23.0 Å². The molecule has 2 aromatic rings. The molecule has 2 aromatic carbocycles. The van der Waals surface area contributed by atoms with Crippen molar-refractivity contribution in [2.75, 3.05) is 29.9 Å². The highest BCUT2D eigenvalue weighted by molar-refractivity contribution is 6.33. The van der Waals surface area contributed by atoms with Gasteiger partial charge in [-0.3, -0.25) is 0 Å². The molecule has 0 spiro atoms. The average molecular weight is 289 g/mol. The number of hydrogen-bond acceptors (Lipinski definition) is 2. The molecule has 0 fully saturated rings. The lowest BCUT2D eigenvalue weighted by Crippen LogP contribution is -2.28. The first-order valence-electron chi connectivity index (χ1n) is 7.00. The monoisotopic (exact) mass is 288 g/mol. The summed E-state index contributed by atoms with van der Waals surface area (Å²) < 4.78 is 0. The van der Waals surface area contributed by atoms with E-state index >= 15 is 0 Å². The van der Waals surface area contributed by atoms with E-state index in [4.69, 9.17) is 11.6 Å². The number of benzene rings is 2. The first-order valence-corrected chi connectivity index (χ1v) is 7.38. The van der Waals surface area contributed by atoms with Crippen LogP contribution in [0.4, 0.5) is 11.4 Å². The summed E-state index contributed by atoms with van der Waals surface area (Å²) in [5.74, 6) is 0. The SMILES string of the molecule is CCN(CCNc1ccccc1Cl)c1cccc(C)c1. The fourth-order valence-corrected chi connectivity index (χ4v) is 2.43. The van der Waals surface area contributed by atoms with E-state index in [1.54, 1.807) is 0 Å². The molecule has 0 aromatic heterocycles. The Morgan fingerprint density at radius 3 is 2.60 bits per heavy atom. The number of para-hydroxylation sites is 1. The second-order valence-electron chi connectivity index (χ2n) is 4.83. The van der Waals surface area contributed by atoms with Gasteiger partial charge in [0.2, 0.25) is 0 Å². The maximum absolute atomic E-state index is 6.14. The third kappa shape index (κ3) is 3.91. The van der Waals surface area contributed by atoms with Gasteiger partial charge in [0, 0.05) is 25.3 Å². The zero-order valence-electron chi connectivity index (χ0n) is 12.1. The third-order valence-corrected chi connectivity index (χ3v) is 3.65. The molecule has 0 atom stereocenters. The largest absolute Gasteiger partial charge is 0.382 e. The fraction of sp³-hybridized carbons (Fsp3) is 0.294. The minimum Gasteiger partial charge on any atom is -0.382 e. The lowest BCUT2D eigenvalue weighted by molar-refractivity contribution is 0.835. The van der Waals surface area contributed by atoms with Gasteiger partial charge in [0.1, 0.15) is 0 Å². The van der Waals surface area contributed by atoms with Crippen molar-refractivity contribution in [1.82, 2.24) is 0 Å². The molecule has 0 saturated heterocycles. The minimum absolute atomic E-state index is 0.770. The molecule has 2 rings (SSSR count). The van der Waals surface area contributed by atoms with E-state index in [2.05, 4.69) is 48.3 Å². The molecule has 106 valence electrons. The Balaban J connectivity index is 1.93. The van der Waals surface area contributed by atoms with Crippen LogP contribution in [0.3, 0.4) is 0 Å². The normalized spacial score (nSPS) is 10.3. The zero-order chi connectivity index (χ0) is 14.4. The topological polar surface area (TPSA) is 15.3 Å². The summed E-state index contributed by atoms with van der Waals surface area (Å²) in [7, 11) is 0. The van der Waals surface area contributed by atoms with Crippen LogP contribution in [0, 0.1) is 6.92 Å². The predicted molar refractivity (Wildman–Crippen MR) is 89.0 cm³/mol. The number of anilines is 2. The van der Waals surface area contributed by atoms with Gasteiger partial charge in [0.15, 0.2) is 0 Å². The molecule has 0 aliphatic rings. The van der Waals surface area contributed by atoms with Crippen molar-refractivity contribution in [2.24, 2.45) is 0 Å². The van der Waals surface area contributed by atoms with E-state index in [0.717, 1.165) is 30.3 Å². The van der Waals surface area contributed by atoms with Gasteiger partial charge in [-0.1, -0.05) is 35.9 Å². The molecule has 0 radical (unpaired) electrons. The van der Waals surface area contributed by atoms with E-state index in [-0.39, 0.29) is 0 Å². The molecule has 20 heavy (non-hydrogen) atoms. The van der Waals surface area contributed by atoms with Crippen molar-refractivity contribution in [2.45, 2.75) is 13.8 Å². The Hall–Kier alpha value is -1.67. The van der Waals surface area contributed by atoms with Gasteiger partial charge in [-0.2, -0.15) is 0 Å². The molecule has 0 saturated carbocycles. The van der Waals surface area contributed by atoms with Crippen LogP contribution in [-0.4, -0.2) is 19.6 Å². The van der Waals surface area contributed by atoms with Gasteiger partial charge >= 0.3 is 0 Å². The fourth-order valence-electron chi connectivity index (χ4n) is 2.22. The quantitative estimate of drug-likeness (QED) is 0.836. The Morgan fingerprint density at radius 1 is 1.10 bits per heavy atom. The zero-order valence-corrected chi connectivity index (χ0v) is 12.8. The molecule has 2 nitrogen and oxygen atoms in total.